The maximum Gasteiger partial charge on any atom is 0.415 e. The number of amides is 1. The highest BCUT2D eigenvalue weighted by Crippen LogP contribution is 2.27. The molecule has 0 bridgehead atoms. The monoisotopic (exact) mass is 276 g/mol. The van der Waals surface area contributed by atoms with Gasteiger partial charge < -0.3 is 9.64 Å². The lowest BCUT2D eigenvalue weighted by molar-refractivity contribution is 0.150. The predicted molar refractivity (Wildman–Crippen MR) is 74.8 cm³/mol. The molecular formula is C14H20N4O2. The van der Waals surface area contributed by atoms with Crippen LogP contribution < -0.4 is 4.90 Å². The average molecular weight is 276 g/mol. The first-order valence-corrected chi connectivity index (χ1v) is 7.12. The molecular weight excluding hydrogens is 256 g/mol. The van der Waals surface area contributed by atoms with E-state index in [2.05, 4.69) is 21.9 Å². The molecule has 1 unspecified atom stereocenters. The Balaban J connectivity index is 1.78. The molecule has 0 radical (unpaired) electrons. The van der Waals surface area contributed by atoms with E-state index >= 15 is 0 Å². The SMILES string of the molecule is CC1CN(c2cncc(C3CCN(C)CC3)n2)C(=O)O1. The van der Waals surface area contributed by atoms with Gasteiger partial charge in [-0.25, -0.2) is 9.78 Å². The summed E-state index contributed by atoms with van der Waals surface area (Å²) in [5, 5.41) is 0. The molecule has 3 rings (SSSR count). The minimum Gasteiger partial charge on any atom is -0.444 e. The molecule has 108 valence electrons. The second-order valence-corrected chi connectivity index (χ2v) is 5.68. The Morgan fingerprint density at radius 3 is 2.70 bits per heavy atom. The third-order valence-electron chi connectivity index (χ3n) is 4.02. The van der Waals surface area contributed by atoms with Crippen molar-refractivity contribution < 1.29 is 9.53 Å². The van der Waals surface area contributed by atoms with Crippen molar-refractivity contribution in [2.24, 2.45) is 0 Å². The van der Waals surface area contributed by atoms with Crippen molar-refractivity contribution in [3.63, 3.8) is 0 Å². The van der Waals surface area contributed by atoms with Gasteiger partial charge in [0.2, 0.25) is 0 Å². The van der Waals surface area contributed by atoms with Crippen LogP contribution in [0.1, 0.15) is 31.4 Å². The molecule has 0 N–H and O–H groups in total. The number of hydrogen-bond donors (Lipinski definition) is 0. The number of likely N-dealkylation sites (tertiary alicyclic amines) is 1. The lowest BCUT2D eigenvalue weighted by Crippen LogP contribution is -2.30. The number of carbonyl (C=O) groups is 1. The van der Waals surface area contributed by atoms with E-state index in [1.807, 2.05) is 13.1 Å². The predicted octanol–water partition coefficient (Wildman–Crippen LogP) is 1.63. The molecule has 1 atom stereocenters. The lowest BCUT2D eigenvalue weighted by Gasteiger charge is -2.28. The Labute approximate surface area is 118 Å². The topological polar surface area (TPSA) is 58.6 Å². The van der Waals surface area contributed by atoms with Crippen LogP contribution >= 0.6 is 0 Å². The van der Waals surface area contributed by atoms with Crippen molar-refractivity contribution >= 4 is 11.9 Å². The quantitative estimate of drug-likeness (QED) is 0.821. The van der Waals surface area contributed by atoms with Gasteiger partial charge in [-0.05, 0) is 39.9 Å². The third-order valence-corrected chi connectivity index (χ3v) is 4.02. The number of anilines is 1. The Bertz CT molecular complexity index is 500. The van der Waals surface area contributed by atoms with Gasteiger partial charge in [-0.2, -0.15) is 0 Å². The number of ether oxygens (including phenoxy) is 1. The highest BCUT2D eigenvalue weighted by molar-refractivity contribution is 5.88. The zero-order chi connectivity index (χ0) is 14.1. The Kier molecular flexibility index (Phi) is 3.56. The molecule has 0 aromatic carbocycles. The molecule has 2 fully saturated rings. The van der Waals surface area contributed by atoms with E-state index in [0.29, 0.717) is 18.3 Å². The molecule has 6 nitrogen and oxygen atoms in total. The van der Waals surface area contributed by atoms with Crippen molar-refractivity contribution in [1.29, 1.82) is 0 Å². The number of rotatable bonds is 2. The van der Waals surface area contributed by atoms with Crippen LogP contribution in [0, 0.1) is 0 Å². The standard InChI is InChI=1S/C14H20N4O2/c1-10-9-18(14(19)20-10)13-8-15-7-12(16-13)11-3-5-17(2)6-4-11/h7-8,10-11H,3-6,9H2,1-2H3. The molecule has 2 saturated heterocycles. The van der Waals surface area contributed by atoms with Gasteiger partial charge in [0.15, 0.2) is 5.82 Å². The molecule has 1 amide bonds. The Morgan fingerprint density at radius 1 is 1.30 bits per heavy atom. The largest absolute Gasteiger partial charge is 0.444 e. The van der Waals surface area contributed by atoms with E-state index in [4.69, 9.17) is 4.74 Å². The van der Waals surface area contributed by atoms with E-state index in [1.165, 1.54) is 0 Å². The number of aromatic nitrogens is 2. The van der Waals surface area contributed by atoms with E-state index in [9.17, 15) is 4.79 Å². The fourth-order valence-electron chi connectivity index (χ4n) is 2.79. The van der Waals surface area contributed by atoms with Crippen LogP contribution in [0.25, 0.3) is 0 Å². The maximum absolute atomic E-state index is 11.7. The summed E-state index contributed by atoms with van der Waals surface area (Å²) in [6.45, 7) is 4.59. The number of nitrogens with zero attached hydrogens (tertiary/aromatic N) is 4. The van der Waals surface area contributed by atoms with Crippen LogP contribution in [-0.2, 0) is 4.74 Å². The first-order chi connectivity index (χ1) is 9.63. The van der Waals surface area contributed by atoms with E-state index in [0.717, 1.165) is 31.6 Å². The number of carbonyl (C=O) groups excluding carboxylic acids is 1. The molecule has 6 heteroatoms. The summed E-state index contributed by atoms with van der Waals surface area (Å²) in [5.41, 5.74) is 0.989. The molecule has 20 heavy (non-hydrogen) atoms. The van der Waals surface area contributed by atoms with Crippen molar-refractivity contribution in [3.05, 3.63) is 18.1 Å². The second kappa shape index (κ2) is 5.36. The summed E-state index contributed by atoms with van der Waals surface area (Å²) in [6, 6.07) is 0. The molecule has 0 spiro atoms. The van der Waals surface area contributed by atoms with Crippen molar-refractivity contribution in [3.8, 4) is 0 Å². The van der Waals surface area contributed by atoms with E-state index in [1.54, 1.807) is 11.1 Å². The summed E-state index contributed by atoms with van der Waals surface area (Å²) in [5.74, 6) is 1.05. The average Bonchev–Trinajstić information content (AvgIpc) is 2.79. The normalized spacial score (nSPS) is 25.0. The van der Waals surface area contributed by atoms with Crippen LogP contribution in [-0.4, -0.2) is 53.7 Å². The van der Waals surface area contributed by atoms with Crippen LogP contribution in [0.5, 0.6) is 0 Å². The van der Waals surface area contributed by atoms with Gasteiger partial charge in [-0.15, -0.1) is 0 Å². The summed E-state index contributed by atoms with van der Waals surface area (Å²) in [6.07, 6.45) is 5.23. The summed E-state index contributed by atoms with van der Waals surface area (Å²) >= 11 is 0. The summed E-state index contributed by atoms with van der Waals surface area (Å²) < 4.78 is 5.14. The highest BCUT2D eigenvalue weighted by Gasteiger charge is 2.31. The minimum atomic E-state index is -0.327. The smallest absolute Gasteiger partial charge is 0.415 e. The molecule has 1 aromatic heterocycles. The van der Waals surface area contributed by atoms with Gasteiger partial charge in [0.05, 0.1) is 18.4 Å². The Morgan fingerprint density at radius 2 is 2.05 bits per heavy atom. The zero-order valence-corrected chi connectivity index (χ0v) is 12.0. The number of cyclic esters (lactones) is 1. The summed E-state index contributed by atoms with van der Waals surface area (Å²) in [4.78, 5) is 24.5. The first kappa shape index (κ1) is 13.3. The number of piperidine rings is 1. The Hall–Kier alpha value is -1.69. The van der Waals surface area contributed by atoms with Crippen LogP contribution in [0.2, 0.25) is 0 Å². The number of hydrogen-bond acceptors (Lipinski definition) is 5. The van der Waals surface area contributed by atoms with Crippen LogP contribution in [0.4, 0.5) is 10.6 Å². The van der Waals surface area contributed by atoms with Gasteiger partial charge >= 0.3 is 6.09 Å². The van der Waals surface area contributed by atoms with Crippen molar-refractivity contribution in [2.75, 3.05) is 31.6 Å². The van der Waals surface area contributed by atoms with Crippen molar-refractivity contribution in [2.45, 2.75) is 31.8 Å². The third kappa shape index (κ3) is 2.60. The van der Waals surface area contributed by atoms with E-state index in [-0.39, 0.29) is 12.2 Å². The summed E-state index contributed by atoms with van der Waals surface area (Å²) in [7, 11) is 2.14. The van der Waals surface area contributed by atoms with Gasteiger partial charge in [-0.1, -0.05) is 0 Å². The molecule has 2 aliphatic heterocycles. The van der Waals surface area contributed by atoms with Crippen molar-refractivity contribution in [1.82, 2.24) is 14.9 Å². The fraction of sp³-hybridized carbons (Fsp3) is 0.643. The molecule has 1 aromatic rings. The van der Waals surface area contributed by atoms with Crippen LogP contribution in [0.15, 0.2) is 12.4 Å². The van der Waals surface area contributed by atoms with Gasteiger partial charge in [0.1, 0.15) is 6.10 Å². The zero-order valence-electron chi connectivity index (χ0n) is 12.0. The van der Waals surface area contributed by atoms with Gasteiger partial charge in [-0.3, -0.25) is 9.88 Å². The van der Waals surface area contributed by atoms with E-state index < -0.39 is 0 Å². The minimum absolute atomic E-state index is 0.0868. The molecule has 3 heterocycles. The molecule has 0 saturated carbocycles. The molecule has 0 aliphatic carbocycles. The second-order valence-electron chi connectivity index (χ2n) is 5.68. The molecule has 2 aliphatic rings. The maximum atomic E-state index is 11.7. The van der Waals surface area contributed by atoms with Gasteiger partial charge in [0, 0.05) is 12.1 Å². The van der Waals surface area contributed by atoms with Gasteiger partial charge in [0.25, 0.3) is 0 Å². The fourth-order valence-corrected chi connectivity index (χ4v) is 2.79. The highest BCUT2D eigenvalue weighted by atomic mass is 16.6. The lowest BCUT2D eigenvalue weighted by atomic mass is 9.94. The first-order valence-electron chi connectivity index (χ1n) is 7.12. The van der Waals surface area contributed by atoms with Crippen LogP contribution in [0.3, 0.4) is 0 Å².